The Bertz CT molecular complexity index is 909. The van der Waals surface area contributed by atoms with Gasteiger partial charge in [0, 0.05) is 38.1 Å². The zero-order chi connectivity index (χ0) is 20.5. The number of carbonyl (C=O) groups excluding carboxylic acids is 2. The molecule has 1 aromatic heterocycles. The van der Waals surface area contributed by atoms with Crippen molar-refractivity contribution >= 4 is 11.8 Å². The fraction of sp³-hybridized carbons (Fsp3) is 0.500. The third kappa shape index (κ3) is 3.55. The van der Waals surface area contributed by atoms with E-state index in [1.165, 1.54) is 6.39 Å². The molecule has 4 rings (SSSR count). The van der Waals surface area contributed by atoms with Crippen molar-refractivity contribution in [1.29, 1.82) is 0 Å². The number of fused-ring (bicyclic) bond motifs is 1. The first-order valence-corrected chi connectivity index (χ1v) is 10.1. The van der Waals surface area contributed by atoms with Crippen LogP contribution in [-0.4, -0.2) is 59.4 Å². The number of aromatic nitrogens is 1. The highest BCUT2D eigenvalue weighted by Gasteiger charge is 2.50. The summed E-state index contributed by atoms with van der Waals surface area (Å²) in [6.45, 7) is 8.19. The number of ether oxygens (including phenoxy) is 1. The van der Waals surface area contributed by atoms with Gasteiger partial charge in [-0.1, -0.05) is 24.3 Å². The predicted octanol–water partition coefficient (Wildman–Crippen LogP) is 2.60. The lowest BCUT2D eigenvalue weighted by Crippen LogP contribution is -2.39. The van der Waals surface area contributed by atoms with Crippen LogP contribution in [0.1, 0.15) is 40.3 Å². The standard InChI is InChI=1S/C22H27N3O4/c1-4-28-12-19(26)25-10-16-9-24(22(27)21-15(3)23-13-29-21)11-18(16)20(25)17-8-6-5-7-14(17)2/h5-8,13,16,18,20H,4,9-12H2,1-3H3/t16-,18-,20+/m0/s1. The van der Waals surface area contributed by atoms with E-state index in [4.69, 9.17) is 9.15 Å². The Morgan fingerprint density at radius 2 is 2.00 bits per heavy atom. The van der Waals surface area contributed by atoms with Crippen LogP contribution >= 0.6 is 0 Å². The average Bonchev–Trinajstić information content (AvgIpc) is 3.40. The minimum absolute atomic E-state index is 0.0125. The molecule has 29 heavy (non-hydrogen) atoms. The molecule has 3 heterocycles. The molecule has 1 aromatic carbocycles. The number of carbonyl (C=O) groups is 2. The number of aryl methyl sites for hydroxylation is 2. The van der Waals surface area contributed by atoms with E-state index in [-0.39, 0.29) is 36.3 Å². The SMILES string of the molecule is CCOCC(=O)N1C[C@@H]2CN(C(=O)c3ocnc3C)C[C@@H]2[C@H]1c1ccccc1C. The van der Waals surface area contributed by atoms with Crippen LogP contribution < -0.4 is 0 Å². The second-order valence-electron chi connectivity index (χ2n) is 7.89. The van der Waals surface area contributed by atoms with Crippen molar-refractivity contribution in [3.05, 3.63) is 53.2 Å². The molecule has 0 bridgehead atoms. The highest BCUT2D eigenvalue weighted by Crippen LogP contribution is 2.46. The Morgan fingerprint density at radius 3 is 2.69 bits per heavy atom. The monoisotopic (exact) mass is 397 g/mol. The van der Waals surface area contributed by atoms with E-state index in [1.54, 1.807) is 6.92 Å². The van der Waals surface area contributed by atoms with Gasteiger partial charge in [0.25, 0.3) is 5.91 Å². The first-order chi connectivity index (χ1) is 14.0. The van der Waals surface area contributed by atoms with E-state index < -0.39 is 0 Å². The Balaban J connectivity index is 1.60. The highest BCUT2D eigenvalue weighted by atomic mass is 16.5. The highest BCUT2D eigenvalue weighted by molar-refractivity contribution is 5.92. The summed E-state index contributed by atoms with van der Waals surface area (Å²) in [7, 11) is 0. The fourth-order valence-corrected chi connectivity index (χ4v) is 4.71. The van der Waals surface area contributed by atoms with E-state index in [1.807, 2.05) is 28.9 Å². The molecule has 7 nitrogen and oxygen atoms in total. The van der Waals surface area contributed by atoms with Crippen molar-refractivity contribution < 1.29 is 18.7 Å². The number of likely N-dealkylation sites (tertiary alicyclic amines) is 2. The maximum atomic E-state index is 12.9. The molecule has 0 radical (unpaired) electrons. The normalized spacial score (nSPS) is 23.5. The Hall–Kier alpha value is -2.67. The summed E-state index contributed by atoms with van der Waals surface area (Å²) in [6, 6.07) is 8.13. The van der Waals surface area contributed by atoms with Crippen LogP contribution in [0.15, 0.2) is 35.1 Å². The molecule has 154 valence electrons. The van der Waals surface area contributed by atoms with Crippen LogP contribution in [0.4, 0.5) is 0 Å². The molecule has 0 N–H and O–H groups in total. The van der Waals surface area contributed by atoms with Gasteiger partial charge in [-0.15, -0.1) is 0 Å². The van der Waals surface area contributed by atoms with Crippen molar-refractivity contribution in [3.8, 4) is 0 Å². The quantitative estimate of drug-likeness (QED) is 0.775. The van der Waals surface area contributed by atoms with Gasteiger partial charge < -0.3 is 19.0 Å². The Morgan fingerprint density at radius 1 is 1.21 bits per heavy atom. The number of hydrogen-bond donors (Lipinski definition) is 0. The Labute approximate surface area is 170 Å². The zero-order valence-corrected chi connectivity index (χ0v) is 17.1. The minimum atomic E-state index is -0.120. The van der Waals surface area contributed by atoms with Gasteiger partial charge in [0.2, 0.25) is 11.7 Å². The molecule has 2 fully saturated rings. The smallest absolute Gasteiger partial charge is 0.291 e. The van der Waals surface area contributed by atoms with Crippen LogP contribution in [0.5, 0.6) is 0 Å². The molecule has 0 saturated carbocycles. The van der Waals surface area contributed by atoms with Crippen LogP contribution in [0.25, 0.3) is 0 Å². The number of amides is 2. The van der Waals surface area contributed by atoms with E-state index in [9.17, 15) is 9.59 Å². The van der Waals surface area contributed by atoms with Crippen molar-refractivity contribution in [1.82, 2.24) is 14.8 Å². The number of oxazole rings is 1. The average molecular weight is 397 g/mol. The second kappa shape index (κ2) is 7.99. The van der Waals surface area contributed by atoms with Gasteiger partial charge in [-0.25, -0.2) is 4.98 Å². The van der Waals surface area contributed by atoms with E-state index >= 15 is 0 Å². The van der Waals surface area contributed by atoms with Crippen LogP contribution in [0.2, 0.25) is 0 Å². The summed E-state index contributed by atoms with van der Waals surface area (Å²) in [6.07, 6.45) is 1.31. The molecule has 2 aliphatic rings. The number of hydrogen-bond acceptors (Lipinski definition) is 5. The third-order valence-electron chi connectivity index (χ3n) is 6.15. The molecular formula is C22H27N3O4. The number of rotatable bonds is 5. The van der Waals surface area contributed by atoms with Gasteiger partial charge in [-0.2, -0.15) is 0 Å². The first kappa shape index (κ1) is 19.6. The van der Waals surface area contributed by atoms with Crippen molar-refractivity contribution in [3.63, 3.8) is 0 Å². The van der Waals surface area contributed by atoms with Crippen LogP contribution in [0, 0.1) is 25.7 Å². The third-order valence-corrected chi connectivity index (χ3v) is 6.15. The molecule has 7 heteroatoms. The summed E-state index contributed by atoms with van der Waals surface area (Å²) < 4.78 is 10.7. The zero-order valence-electron chi connectivity index (χ0n) is 17.1. The predicted molar refractivity (Wildman–Crippen MR) is 106 cm³/mol. The summed E-state index contributed by atoms with van der Waals surface area (Å²) in [4.78, 5) is 33.6. The molecule has 2 amide bonds. The molecule has 0 aliphatic carbocycles. The minimum Gasteiger partial charge on any atom is -0.438 e. The summed E-state index contributed by atoms with van der Waals surface area (Å²) in [5.74, 6) is 0.622. The van der Waals surface area contributed by atoms with Gasteiger partial charge in [-0.3, -0.25) is 9.59 Å². The van der Waals surface area contributed by atoms with E-state index in [2.05, 4.69) is 24.0 Å². The van der Waals surface area contributed by atoms with Gasteiger partial charge in [0.1, 0.15) is 6.61 Å². The molecular weight excluding hydrogens is 370 g/mol. The first-order valence-electron chi connectivity index (χ1n) is 10.1. The number of nitrogens with zero attached hydrogens (tertiary/aromatic N) is 3. The number of benzene rings is 1. The summed E-state index contributed by atoms with van der Waals surface area (Å²) >= 11 is 0. The maximum Gasteiger partial charge on any atom is 0.291 e. The van der Waals surface area contributed by atoms with Gasteiger partial charge in [0.05, 0.1) is 11.7 Å². The largest absolute Gasteiger partial charge is 0.438 e. The van der Waals surface area contributed by atoms with Gasteiger partial charge in [-0.05, 0) is 31.9 Å². The molecule has 3 atom stereocenters. The van der Waals surface area contributed by atoms with Crippen molar-refractivity contribution in [2.45, 2.75) is 26.8 Å². The molecule has 0 spiro atoms. The van der Waals surface area contributed by atoms with Crippen LogP contribution in [-0.2, 0) is 9.53 Å². The maximum absolute atomic E-state index is 12.9. The fourth-order valence-electron chi connectivity index (χ4n) is 4.71. The topological polar surface area (TPSA) is 75.9 Å². The van der Waals surface area contributed by atoms with Crippen LogP contribution in [0.3, 0.4) is 0 Å². The molecule has 2 aliphatic heterocycles. The molecule has 0 unspecified atom stereocenters. The Kier molecular flexibility index (Phi) is 5.41. The lowest BCUT2D eigenvalue weighted by atomic mass is 9.87. The van der Waals surface area contributed by atoms with Gasteiger partial charge in [0.15, 0.2) is 6.39 Å². The van der Waals surface area contributed by atoms with Crippen molar-refractivity contribution in [2.75, 3.05) is 32.8 Å². The lowest BCUT2D eigenvalue weighted by Gasteiger charge is -2.30. The summed E-state index contributed by atoms with van der Waals surface area (Å²) in [5, 5.41) is 0. The van der Waals surface area contributed by atoms with Crippen molar-refractivity contribution in [2.24, 2.45) is 11.8 Å². The molecule has 2 saturated heterocycles. The van der Waals surface area contributed by atoms with E-state index in [0.29, 0.717) is 37.7 Å². The molecule has 2 aromatic rings. The summed E-state index contributed by atoms with van der Waals surface area (Å²) in [5.41, 5.74) is 2.91. The van der Waals surface area contributed by atoms with Gasteiger partial charge >= 0.3 is 0 Å². The van der Waals surface area contributed by atoms with E-state index in [0.717, 1.165) is 11.1 Å². The lowest BCUT2D eigenvalue weighted by molar-refractivity contribution is -0.137. The second-order valence-corrected chi connectivity index (χ2v) is 7.89.